The number of hydrogen-bond donors (Lipinski definition) is 1. The molecule has 0 radical (unpaired) electrons. The van der Waals surface area contributed by atoms with Gasteiger partial charge in [0.05, 0.1) is 5.51 Å². The Morgan fingerprint density at radius 2 is 2.54 bits per heavy atom. The van der Waals surface area contributed by atoms with E-state index in [1.54, 1.807) is 11.3 Å². The van der Waals surface area contributed by atoms with E-state index >= 15 is 0 Å². The van der Waals surface area contributed by atoms with Crippen molar-refractivity contribution < 1.29 is 4.21 Å². The van der Waals surface area contributed by atoms with Gasteiger partial charge in [-0.3, -0.25) is 9.19 Å². The molecule has 1 unspecified atom stereocenters. The maximum atomic E-state index is 11.0. The highest BCUT2D eigenvalue weighted by atomic mass is 32.2. The first kappa shape index (κ1) is 10.8. The number of nitrogens with zero attached hydrogens (tertiary/aromatic N) is 1. The summed E-state index contributed by atoms with van der Waals surface area (Å²) in [5.41, 5.74) is 1.82. The van der Waals surface area contributed by atoms with Crippen molar-refractivity contribution in [3.05, 3.63) is 16.6 Å². The van der Waals surface area contributed by atoms with Crippen LogP contribution in [0.25, 0.3) is 0 Å². The van der Waals surface area contributed by atoms with Crippen LogP contribution >= 0.6 is 11.3 Å². The van der Waals surface area contributed by atoms with Gasteiger partial charge in [-0.05, 0) is 0 Å². The third-order valence-corrected chi connectivity index (χ3v) is 3.69. The summed E-state index contributed by atoms with van der Waals surface area (Å²) in [5.74, 6) is 1.50. The van der Waals surface area contributed by atoms with E-state index in [1.165, 1.54) is 4.88 Å². The standard InChI is InChI=1S/C8H14N2OS2/c1-2-13(11)4-3-9-5-8-6-10-7-12-8/h6-7,9H,2-5H2,1H3. The van der Waals surface area contributed by atoms with E-state index in [1.807, 2.05) is 18.6 Å². The summed E-state index contributed by atoms with van der Waals surface area (Å²) in [5, 5.41) is 3.23. The van der Waals surface area contributed by atoms with Crippen LogP contribution < -0.4 is 5.32 Å². The van der Waals surface area contributed by atoms with Crippen molar-refractivity contribution in [3.8, 4) is 0 Å². The average Bonchev–Trinajstić information content (AvgIpc) is 2.64. The molecule has 0 spiro atoms. The van der Waals surface area contributed by atoms with Crippen LogP contribution in [0.3, 0.4) is 0 Å². The van der Waals surface area contributed by atoms with Crippen molar-refractivity contribution in [3.63, 3.8) is 0 Å². The van der Waals surface area contributed by atoms with Gasteiger partial charge in [0.2, 0.25) is 0 Å². The van der Waals surface area contributed by atoms with Crippen LogP contribution in [-0.2, 0) is 17.3 Å². The van der Waals surface area contributed by atoms with Crippen LogP contribution in [-0.4, -0.2) is 27.2 Å². The van der Waals surface area contributed by atoms with Crippen molar-refractivity contribution in [1.82, 2.24) is 10.3 Å². The van der Waals surface area contributed by atoms with E-state index in [4.69, 9.17) is 0 Å². The summed E-state index contributed by atoms with van der Waals surface area (Å²) in [6, 6.07) is 0. The van der Waals surface area contributed by atoms with Crippen LogP contribution in [0.2, 0.25) is 0 Å². The molecule has 13 heavy (non-hydrogen) atoms. The molecule has 5 heteroatoms. The Kier molecular flexibility index (Phi) is 5.19. The number of nitrogens with one attached hydrogen (secondary N) is 1. The lowest BCUT2D eigenvalue weighted by Gasteiger charge is -2.01. The minimum atomic E-state index is -0.650. The molecule has 1 aromatic heterocycles. The summed E-state index contributed by atoms with van der Waals surface area (Å²) >= 11 is 1.64. The van der Waals surface area contributed by atoms with E-state index < -0.39 is 10.8 Å². The average molecular weight is 218 g/mol. The predicted octanol–water partition coefficient (Wildman–Crippen LogP) is 1.00. The summed E-state index contributed by atoms with van der Waals surface area (Å²) in [6.45, 7) is 3.60. The largest absolute Gasteiger partial charge is 0.311 e. The Balaban J connectivity index is 2.05. The summed E-state index contributed by atoms with van der Waals surface area (Å²) in [6.07, 6.45) is 1.86. The quantitative estimate of drug-likeness (QED) is 0.724. The maximum absolute atomic E-state index is 11.0. The Morgan fingerprint density at radius 1 is 1.69 bits per heavy atom. The lowest BCUT2D eigenvalue weighted by molar-refractivity contribution is 0.675. The smallest absolute Gasteiger partial charge is 0.0794 e. The second-order valence-electron chi connectivity index (χ2n) is 2.58. The molecular weight excluding hydrogens is 204 g/mol. The summed E-state index contributed by atoms with van der Waals surface area (Å²) in [4.78, 5) is 5.20. The molecule has 0 aliphatic heterocycles. The molecule has 1 atom stereocenters. The Bertz CT molecular complexity index is 249. The first-order valence-corrected chi connectivity index (χ1v) is 6.62. The number of hydrogen-bond acceptors (Lipinski definition) is 4. The lowest BCUT2D eigenvalue weighted by atomic mass is 10.5. The fourth-order valence-electron chi connectivity index (χ4n) is 0.871. The van der Waals surface area contributed by atoms with Gasteiger partial charge in [0, 0.05) is 46.5 Å². The molecule has 0 aliphatic rings. The zero-order chi connectivity index (χ0) is 9.52. The van der Waals surface area contributed by atoms with E-state index in [0.717, 1.165) is 24.6 Å². The minimum absolute atomic E-state index is 0.650. The number of aromatic nitrogens is 1. The van der Waals surface area contributed by atoms with Gasteiger partial charge >= 0.3 is 0 Å². The molecule has 74 valence electrons. The Hall–Kier alpha value is -0.260. The second-order valence-corrected chi connectivity index (χ2v) is 5.41. The van der Waals surface area contributed by atoms with Gasteiger partial charge in [-0.1, -0.05) is 6.92 Å². The first-order valence-electron chi connectivity index (χ1n) is 4.26. The van der Waals surface area contributed by atoms with Crippen molar-refractivity contribution in [1.29, 1.82) is 0 Å². The van der Waals surface area contributed by atoms with E-state index in [2.05, 4.69) is 10.3 Å². The molecular formula is C8H14N2OS2. The Morgan fingerprint density at radius 3 is 3.15 bits per heavy atom. The van der Waals surface area contributed by atoms with Crippen LogP contribution in [0.15, 0.2) is 11.7 Å². The molecule has 1 rings (SSSR count). The number of thiazole rings is 1. The molecule has 0 aliphatic carbocycles. The molecule has 1 N–H and O–H groups in total. The van der Waals surface area contributed by atoms with Crippen molar-refractivity contribution in [2.24, 2.45) is 0 Å². The minimum Gasteiger partial charge on any atom is -0.311 e. The molecule has 0 saturated carbocycles. The highest BCUT2D eigenvalue weighted by molar-refractivity contribution is 7.84. The van der Waals surface area contributed by atoms with Gasteiger partial charge < -0.3 is 5.32 Å². The van der Waals surface area contributed by atoms with Crippen LogP contribution in [0.1, 0.15) is 11.8 Å². The van der Waals surface area contributed by atoms with Crippen LogP contribution in [0, 0.1) is 0 Å². The van der Waals surface area contributed by atoms with Gasteiger partial charge in [-0.25, -0.2) is 0 Å². The van der Waals surface area contributed by atoms with Gasteiger partial charge in [-0.15, -0.1) is 11.3 Å². The highest BCUT2D eigenvalue weighted by Crippen LogP contribution is 2.03. The third-order valence-electron chi connectivity index (χ3n) is 1.61. The first-order chi connectivity index (χ1) is 6.33. The fraction of sp³-hybridized carbons (Fsp3) is 0.625. The molecule has 0 aromatic carbocycles. The van der Waals surface area contributed by atoms with Crippen LogP contribution in [0.4, 0.5) is 0 Å². The molecule has 3 nitrogen and oxygen atoms in total. The van der Waals surface area contributed by atoms with Gasteiger partial charge in [0.15, 0.2) is 0 Å². The zero-order valence-electron chi connectivity index (χ0n) is 7.66. The van der Waals surface area contributed by atoms with Crippen LogP contribution in [0.5, 0.6) is 0 Å². The van der Waals surface area contributed by atoms with Crippen molar-refractivity contribution >= 4 is 22.1 Å². The van der Waals surface area contributed by atoms with E-state index in [0.29, 0.717) is 0 Å². The topological polar surface area (TPSA) is 42.0 Å². The lowest BCUT2D eigenvalue weighted by Crippen LogP contribution is -2.20. The van der Waals surface area contributed by atoms with Gasteiger partial charge in [0.1, 0.15) is 0 Å². The fourth-order valence-corrected chi connectivity index (χ4v) is 2.10. The SMILES string of the molecule is CCS(=O)CCNCc1cncs1. The maximum Gasteiger partial charge on any atom is 0.0794 e. The third kappa shape index (κ3) is 4.50. The Labute approximate surface area is 85.0 Å². The van der Waals surface area contributed by atoms with Crippen molar-refractivity contribution in [2.45, 2.75) is 13.5 Å². The summed E-state index contributed by atoms with van der Waals surface area (Å²) < 4.78 is 11.0. The molecule has 0 bridgehead atoms. The molecule has 1 heterocycles. The molecule has 0 saturated heterocycles. The van der Waals surface area contributed by atoms with E-state index in [-0.39, 0.29) is 0 Å². The zero-order valence-corrected chi connectivity index (χ0v) is 9.29. The highest BCUT2D eigenvalue weighted by Gasteiger charge is 1.96. The molecule has 0 amide bonds. The van der Waals surface area contributed by atoms with Crippen molar-refractivity contribution in [2.75, 3.05) is 18.1 Å². The molecule has 1 aromatic rings. The summed E-state index contributed by atoms with van der Waals surface area (Å²) in [7, 11) is -0.650. The predicted molar refractivity (Wildman–Crippen MR) is 57.4 cm³/mol. The monoisotopic (exact) mass is 218 g/mol. The van der Waals surface area contributed by atoms with Gasteiger partial charge in [-0.2, -0.15) is 0 Å². The molecule has 0 fully saturated rings. The second kappa shape index (κ2) is 6.23. The van der Waals surface area contributed by atoms with Gasteiger partial charge in [0.25, 0.3) is 0 Å². The number of rotatable bonds is 6. The normalized spacial score (nSPS) is 13.0. The van der Waals surface area contributed by atoms with E-state index in [9.17, 15) is 4.21 Å².